The number of carbonyl (C=O) groups excluding carboxylic acids is 1. The molecule has 5 rings (SSSR count). The third kappa shape index (κ3) is 3.11. The molecule has 3 nitrogen and oxygen atoms in total. The number of carbonyl (C=O) groups is 1. The maximum atomic E-state index is 12.6. The molecule has 0 aromatic heterocycles. The minimum Gasteiger partial charge on any atom is -0.390 e. The number of anilines is 1. The fourth-order valence-corrected chi connectivity index (χ4v) is 6.20. The van der Waals surface area contributed by atoms with Crippen LogP contribution in [-0.4, -0.2) is 16.6 Å². The molecule has 130 valence electrons. The first kappa shape index (κ1) is 16.1. The van der Waals surface area contributed by atoms with Crippen LogP contribution < -0.4 is 5.32 Å². The topological polar surface area (TPSA) is 49.3 Å². The summed E-state index contributed by atoms with van der Waals surface area (Å²) in [6.07, 6.45) is 9.08. The summed E-state index contributed by atoms with van der Waals surface area (Å²) in [6, 6.07) is 8.23. The zero-order valence-corrected chi connectivity index (χ0v) is 14.7. The fraction of sp³-hybridized carbons (Fsp3) is 0.667. The van der Waals surface area contributed by atoms with Gasteiger partial charge in [-0.3, -0.25) is 4.79 Å². The molecule has 2 unspecified atom stereocenters. The first-order valence-electron chi connectivity index (χ1n) is 9.59. The molecule has 24 heavy (non-hydrogen) atoms. The highest BCUT2D eigenvalue weighted by Gasteiger charge is 2.57. The number of hydrogen-bond acceptors (Lipinski definition) is 2. The lowest BCUT2D eigenvalue weighted by Crippen LogP contribution is -2.56. The molecule has 4 fully saturated rings. The minimum atomic E-state index is -0.480. The van der Waals surface area contributed by atoms with Crippen molar-refractivity contribution in [3.05, 3.63) is 29.8 Å². The monoisotopic (exact) mass is 327 g/mol. The maximum Gasteiger partial charge on any atom is 0.224 e. The summed E-state index contributed by atoms with van der Waals surface area (Å²) in [5, 5.41) is 13.9. The van der Waals surface area contributed by atoms with E-state index in [-0.39, 0.29) is 11.3 Å². The fourth-order valence-electron chi connectivity index (χ4n) is 6.20. The molecule has 4 saturated carbocycles. The molecular weight excluding hydrogens is 298 g/mol. The normalized spacial score (nSPS) is 36.8. The number of rotatable bonds is 5. The highest BCUT2D eigenvalue weighted by Crippen LogP contribution is 2.62. The summed E-state index contributed by atoms with van der Waals surface area (Å²) in [6.45, 7) is 2.18. The van der Waals surface area contributed by atoms with E-state index in [1.165, 1.54) is 12.0 Å². The van der Waals surface area contributed by atoms with Gasteiger partial charge in [-0.15, -0.1) is 0 Å². The van der Waals surface area contributed by atoms with E-state index in [9.17, 15) is 9.90 Å². The lowest BCUT2D eigenvalue weighted by Gasteiger charge is -2.60. The van der Waals surface area contributed by atoms with Crippen molar-refractivity contribution in [2.24, 2.45) is 17.3 Å². The van der Waals surface area contributed by atoms with Gasteiger partial charge in [-0.25, -0.2) is 0 Å². The third-order valence-corrected chi connectivity index (χ3v) is 6.46. The summed E-state index contributed by atoms with van der Waals surface area (Å²) in [7, 11) is 0. The van der Waals surface area contributed by atoms with Gasteiger partial charge in [-0.05, 0) is 79.9 Å². The molecule has 0 spiro atoms. The average Bonchev–Trinajstić information content (AvgIpc) is 2.46. The van der Waals surface area contributed by atoms with Crippen LogP contribution in [0.5, 0.6) is 0 Å². The highest BCUT2D eigenvalue weighted by molar-refractivity contribution is 5.91. The van der Waals surface area contributed by atoms with Crippen molar-refractivity contribution in [3.63, 3.8) is 0 Å². The molecule has 4 aliphatic rings. The number of hydrogen-bond donors (Lipinski definition) is 2. The maximum absolute atomic E-state index is 12.6. The molecule has 0 saturated heterocycles. The smallest absolute Gasteiger partial charge is 0.224 e. The van der Waals surface area contributed by atoms with Gasteiger partial charge >= 0.3 is 0 Å². The number of nitrogens with one attached hydrogen (secondary N) is 1. The molecule has 3 heteroatoms. The van der Waals surface area contributed by atoms with Gasteiger partial charge in [-0.1, -0.05) is 25.5 Å². The van der Waals surface area contributed by atoms with Crippen molar-refractivity contribution in [2.75, 3.05) is 5.32 Å². The molecule has 1 amide bonds. The van der Waals surface area contributed by atoms with Crippen molar-refractivity contribution >= 4 is 11.6 Å². The Morgan fingerprint density at radius 1 is 1.17 bits per heavy atom. The molecule has 4 aliphatic carbocycles. The van der Waals surface area contributed by atoms with Gasteiger partial charge < -0.3 is 10.4 Å². The molecule has 0 aliphatic heterocycles. The van der Waals surface area contributed by atoms with Gasteiger partial charge in [0.1, 0.15) is 0 Å². The molecule has 2 atom stereocenters. The molecule has 0 radical (unpaired) electrons. The quantitative estimate of drug-likeness (QED) is 0.847. The van der Waals surface area contributed by atoms with E-state index in [1.807, 2.05) is 12.1 Å². The Bertz CT molecular complexity index is 607. The second-order valence-corrected chi connectivity index (χ2v) is 8.86. The van der Waals surface area contributed by atoms with Gasteiger partial charge in [0.05, 0.1) is 5.60 Å². The van der Waals surface area contributed by atoms with Crippen molar-refractivity contribution in [1.29, 1.82) is 0 Å². The van der Waals surface area contributed by atoms with Crippen LogP contribution in [0, 0.1) is 17.3 Å². The summed E-state index contributed by atoms with van der Waals surface area (Å²) in [4.78, 5) is 12.6. The SMILES string of the molecule is CCCc1ccc(NC(=O)CC23CC4CC(CC(O)(C4)C2)C3)cc1. The van der Waals surface area contributed by atoms with Crippen LogP contribution >= 0.6 is 0 Å². The standard InChI is InChI=1S/C21H29NO2/c1-2-3-15-4-6-18(7-5-15)22-19(23)13-20-9-16-8-17(10-20)12-21(24,11-16)14-20/h4-7,16-17,24H,2-3,8-14H2,1H3,(H,22,23). The summed E-state index contributed by atoms with van der Waals surface area (Å²) in [5.74, 6) is 1.39. The van der Waals surface area contributed by atoms with E-state index in [2.05, 4.69) is 24.4 Å². The largest absolute Gasteiger partial charge is 0.390 e. The van der Waals surface area contributed by atoms with Crippen LogP contribution in [0.3, 0.4) is 0 Å². The first-order valence-corrected chi connectivity index (χ1v) is 9.59. The number of amides is 1. The third-order valence-electron chi connectivity index (χ3n) is 6.46. The second kappa shape index (κ2) is 5.87. The van der Waals surface area contributed by atoms with Crippen LogP contribution in [0.25, 0.3) is 0 Å². The van der Waals surface area contributed by atoms with Crippen molar-refractivity contribution in [1.82, 2.24) is 0 Å². The second-order valence-electron chi connectivity index (χ2n) is 8.86. The lowest BCUT2D eigenvalue weighted by atomic mass is 9.47. The van der Waals surface area contributed by atoms with Gasteiger partial charge in [0.25, 0.3) is 0 Å². The molecule has 1 aromatic carbocycles. The summed E-state index contributed by atoms with van der Waals surface area (Å²) in [5.41, 5.74) is 1.78. The highest BCUT2D eigenvalue weighted by atomic mass is 16.3. The lowest BCUT2D eigenvalue weighted by molar-refractivity contribution is -0.167. The van der Waals surface area contributed by atoms with Crippen molar-refractivity contribution in [3.8, 4) is 0 Å². The predicted octanol–water partition coefficient (Wildman–Crippen LogP) is 4.30. The Hall–Kier alpha value is -1.35. The van der Waals surface area contributed by atoms with Gasteiger partial charge in [0.15, 0.2) is 0 Å². The molecule has 1 aromatic rings. The van der Waals surface area contributed by atoms with Crippen LogP contribution in [0.1, 0.15) is 63.9 Å². The van der Waals surface area contributed by atoms with E-state index in [0.29, 0.717) is 18.3 Å². The van der Waals surface area contributed by atoms with Crippen molar-refractivity contribution < 1.29 is 9.90 Å². The Morgan fingerprint density at radius 3 is 2.42 bits per heavy atom. The van der Waals surface area contributed by atoms with Crippen LogP contribution in [0.15, 0.2) is 24.3 Å². The minimum absolute atomic E-state index is 0.0467. The number of benzene rings is 1. The molecular formula is C21H29NO2. The zero-order chi connectivity index (χ0) is 16.8. The van der Waals surface area contributed by atoms with Crippen LogP contribution in [0.4, 0.5) is 5.69 Å². The van der Waals surface area contributed by atoms with Gasteiger partial charge in [0, 0.05) is 12.1 Å². The van der Waals surface area contributed by atoms with E-state index < -0.39 is 5.60 Å². The Morgan fingerprint density at radius 2 is 1.83 bits per heavy atom. The molecule has 4 bridgehead atoms. The number of aryl methyl sites for hydroxylation is 1. The zero-order valence-electron chi connectivity index (χ0n) is 14.7. The predicted molar refractivity (Wildman–Crippen MR) is 95.7 cm³/mol. The van der Waals surface area contributed by atoms with Gasteiger partial charge in [-0.2, -0.15) is 0 Å². The van der Waals surface area contributed by atoms with Crippen LogP contribution in [0.2, 0.25) is 0 Å². The van der Waals surface area contributed by atoms with Crippen molar-refractivity contribution in [2.45, 2.75) is 70.3 Å². The van der Waals surface area contributed by atoms with E-state index >= 15 is 0 Å². The van der Waals surface area contributed by atoms with E-state index in [4.69, 9.17) is 0 Å². The van der Waals surface area contributed by atoms with E-state index in [0.717, 1.165) is 50.6 Å². The Balaban J connectivity index is 1.41. The summed E-state index contributed by atoms with van der Waals surface area (Å²) < 4.78 is 0. The Kier molecular flexibility index (Phi) is 3.95. The number of aliphatic hydroxyl groups is 1. The molecule has 2 N–H and O–H groups in total. The average molecular weight is 327 g/mol. The molecule has 0 heterocycles. The first-order chi connectivity index (χ1) is 11.5. The van der Waals surface area contributed by atoms with E-state index in [1.54, 1.807) is 0 Å². The van der Waals surface area contributed by atoms with Gasteiger partial charge in [0.2, 0.25) is 5.91 Å². The Labute approximate surface area is 144 Å². The summed E-state index contributed by atoms with van der Waals surface area (Å²) >= 11 is 0. The van der Waals surface area contributed by atoms with Crippen LogP contribution in [-0.2, 0) is 11.2 Å².